The van der Waals surface area contributed by atoms with E-state index in [1.807, 2.05) is 19.1 Å². The lowest BCUT2D eigenvalue weighted by atomic mass is 9.92. The maximum atomic E-state index is 17.8. The Hall–Kier alpha value is -5.06. The molecule has 1 amide bonds. The van der Waals surface area contributed by atoms with Crippen LogP contribution >= 0.6 is 0 Å². The van der Waals surface area contributed by atoms with Crippen LogP contribution in [0.5, 0.6) is 11.9 Å². The molecule has 10 nitrogen and oxygen atoms in total. The van der Waals surface area contributed by atoms with Crippen molar-refractivity contribution >= 4 is 41.7 Å². The first-order valence-corrected chi connectivity index (χ1v) is 23.6. The number of carbonyl (C=O) groups is 1. The summed E-state index contributed by atoms with van der Waals surface area (Å²) in [5.74, 6) is 2.66. The monoisotopic (exact) mass is 832 g/mol. The van der Waals surface area contributed by atoms with Crippen molar-refractivity contribution < 1.29 is 28.2 Å². The molecule has 0 radical (unpaired) electrons. The zero-order valence-electron chi connectivity index (χ0n) is 35.6. The number of anilines is 1. The predicted molar refractivity (Wildman–Crippen MR) is 233 cm³/mol. The SMILES string of the molecule is C=C1CN2CC(=C)CC2(COc2nc3c4c(nc(-c5cccc6ccc(F)c(C#C[Si](C(C)C)(C(C)C)C(C)C)c56)c(F)c4n2)OC(C)C2C4CCC(CN32)N4C(=O)O)C1. The molecule has 1 N–H and O–H groups in total. The van der Waals surface area contributed by atoms with E-state index in [1.54, 1.807) is 17.0 Å². The smallest absolute Gasteiger partial charge is 0.407 e. The second-order valence-corrected chi connectivity index (χ2v) is 24.4. The maximum Gasteiger partial charge on any atom is 0.407 e. The van der Waals surface area contributed by atoms with E-state index in [2.05, 4.69) is 76.0 Å². The highest BCUT2D eigenvalue weighted by Gasteiger charge is 2.54. The van der Waals surface area contributed by atoms with Gasteiger partial charge in [0.2, 0.25) is 5.88 Å². The van der Waals surface area contributed by atoms with Crippen LogP contribution in [0.25, 0.3) is 32.9 Å². The summed E-state index contributed by atoms with van der Waals surface area (Å²) in [7, 11) is -2.29. The first-order chi connectivity index (χ1) is 28.5. The van der Waals surface area contributed by atoms with E-state index in [4.69, 9.17) is 24.4 Å². The van der Waals surface area contributed by atoms with E-state index in [0.717, 1.165) is 37.1 Å². The molecule has 4 fully saturated rings. The molecule has 5 aliphatic rings. The van der Waals surface area contributed by atoms with Crippen molar-refractivity contribution in [3.63, 3.8) is 0 Å². The summed E-state index contributed by atoms with van der Waals surface area (Å²) in [5, 5.41) is 11.8. The van der Waals surface area contributed by atoms with E-state index in [1.165, 1.54) is 6.07 Å². The zero-order chi connectivity index (χ0) is 42.6. The van der Waals surface area contributed by atoms with E-state index >= 15 is 8.78 Å². The van der Waals surface area contributed by atoms with Gasteiger partial charge in [-0.1, -0.05) is 96.0 Å². The topological polar surface area (TPSA) is 104 Å². The summed E-state index contributed by atoms with van der Waals surface area (Å²) >= 11 is 0. The van der Waals surface area contributed by atoms with Gasteiger partial charge in [-0.2, -0.15) is 9.97 Å². The molecule has 0 saturated carbocycles. The van der Waals surface area contributed by atoms with Gasteiger partial charge >= 0.3 is 12.1 Å². The van der Waals surface area contributed by atoms with Crippen molar-refractivity contribution in [1.82, 2.24) is 24.8 Å². The van der Waals surface area contributed by atoms with E-state index in [-0.39, 0.29) is 58.3 Å². The number of halogens is 2. The normalized spacial score (nSPS) is 23.3. The van der Waals surface area contributed by atoms with Gasteiger partial charge in [0.15, 0.2) is 5.82 Å². The minimum atomic E-state index is -2.29. The molecular formula is C47H54F2N6O4Si. The highest BCUT2D eigenvalue weighted by Crippen LogP contribution is 2.48. The van der Waals surface area contributed by atoms with Crippen LogP contribution in [0, 0.1) is 23.1 Å². The first-order valence-electron chi connectivity index (χ1n) is 21.4. The van der Waals surface area contributed by atoms with Crippen LogP contribution in [0.15, 0.2) is 54.6 Å². The lowest BCUT2D eigenvalue weighted by molar-refractivity contribution is 0.0706. The highest BCUT2D eigenvalue weighted by atomic mass is 28.3. The molecule has 2 bridgehead atoms. The van der Waals surface area contributed by atoms with E-state index in [9.17, 15) is 9.90 Å². The molecule has 2 aromatic carbocycles. The van der Waals surface area contributed by atoms with Crippen molar-refractivity contribution in [3.8, 4) is 34.6 Å². The van der Waals surface area contributed by atoms with Gasteiger partial charge in [0.25, 0.3) is 0 Å². The van der Waals surface area contributed by atoms with Crippen LogP contribution in [0.1, 0.15) is 79.7 Å². The number of pyridine rings is 1. The number of ether oxygens (including phenoxy) is 2. The third kappa shape index (κ3) is 6.10. The second kappa shape index (κ2) is 14.5. The fourth-order valence-electron chi connectivity index (χ4n) is 11.9. The molecule has 4 saturated heterocycles. The average Bonchev–Trinajstić information content (AvgIpc) is 3.75. The summed E-state index contributed by atoms with van der Waals surface area (Å²) in [6.45, 7) is 25.8. The number of carboxylic acid groups (broad SMARTS) is 1. The van der Waals surface area contributed by atoms with Gasteiger partial charge in [0.1, 0.15) is 49.0 Å². The number of fused-ring (bicyclic) bond motifs is 7. The van der Waals surface area contributed by atoms with Gasteiger partial charge in [-0.25, -0.2) is 18.6 Å². The number of hydrogen-bond acceptors (Lipinski definition) is 8. The zero-order valence-corrected chi connectivity index (χ0v) is 36.6. The van der Waals surface area contributed by atoms with Crippen molar-refractivity contribution in [2.45, 2.75) is 121 Å². The van der Waals surface area contributed by atoms with Crippen molar-refractivity contribution in [1.29, 1.82) is 0 Å². The molecule has 7 heterocycles. The van der Waals surface area contributed by atoms with Crippen LogP contribution < -0.4 is 14.4 Å². The Kier molecular flexibility index (Phi) is 9.78. The summed E-state index contributed by atoms with van der Waals surface area (Å²) in [6.07, 6.45) is 1.28. The van der Waals surface area contributed by atoms with Gasteiger partial charge < -0.3 is 19.5 Å². The van der Waals surface area contributed by atoms with Crippen LogP contribution in [0.3, 0.4) is 0 Å². The standard InChI is InChI=1S/C47H54F2N6O4Si/c1-25(2)60(26(3)4,27(5)6)18-17-33-35(48)15-13-31-11-10-12-34(37(31)33)40-39(49)41-38-43(52-45(51-41)58-24-47-19-28(7)21-53(47)22-29(8)20-47)54-23-32-14-16-36(55(32)46(56)57)42(54)30(9)59-44(38)50-40/h10-13,15,25-27,30,32,36,42H,7-8,14,16,19-24H2,1-6,9H3,(H,56,57). The molecule has 9 rings (SSSR count). The third-order valence-corrected chi connectivity index (χ3v) is 20.6. The van der Waals surface area contributed by atoms with Gasteiger partial charge in [0.05, 0.1) is 29.2 Å². The van der Waals surface area contributed by atoms with Crippen molar-refractivity contribution in [3.05, 3.63) is 71.8 Å². The molecule has 13 heteroatoms. The largest absolute Gasteiger partial charge is 0.472 e. The van der Waals surface area contributed by atoms with Crippen LogP contribution in [0.2, 0.25) is 16.6 Å². The highest BCUT2D eigenvalue weighted by molar-refractivity contribution is 6.90. The fraction of sp³-hybridized carbons (Fsp3) is 0.489. The summed E-state index contributed by atoms with van der Waals surface area (Å²) in [5.41, 5.74) is 7.00. The van der Waals surface area contributed by atoms with Gasteiger partial charge in [0, 0.05) is 30.6 Å². The molecule has 0 spiro atoms. The lowest BCUT2D eigenvalue weighted by Gasteiger charge is -2.47. The Balaban J connectivity index is 1.25. The van der Waals surface area contributed by atoms with E-state index in [0.29, 0.717) is 58.2 Å². The molecule has 4 atom stereocenters. The Morgan fingerprint density at radius 3 is 2.37 bits per heavy atom. The quantitative estimate of drug-likeness (QED) is 0.111. The number of benzene rings is 2. The maximum absolute atomic E-state index is 17.8. The molecule has 5 aliphatic heterocycles. The second-order valence-electron chi connectivity index (χ2n) is 18.8. The molecule has 2 aromatic heterocycles. The van der Waals surface area contributed by atoms with Crippen LogP contribution in [0.4, 0.5) is 19.4 Å². The molecule has 0 aliphatic carbocycles. The van der Waals surface area contributed by atoms with Gasteiger partial charge in [-0.05, 0) is 60.7 Å². The average molecular weight is 833 g/mol. The number of piperazine rings is 1. The first kappa shape index (κ1) is 40.3. The summed E-state index contributed by atoms with van der Waals surface area (Å²) < 4.78 is 47.3. The number of rotatable bonds is 7. The third-order valence-electron chi connectivity index (χ3n) is 14.3. The Morgan fingerprint density at radius 2 is 1.70 bits per heavy atom. The number of aromatic nitrogens is 3. The molecule has 4 aromatic rings. The Labute approximate surface area is 351 Å². The number of nitrogens with zero attached hydrogens (tertiary/aromatic N) is 6. The van der Waals surface area contributed by atoms with Crippen molar-refractivity contribution in [2.24, 2.45) is 0 Å². The predicted octanol–water partition coefficient (Wildman–Crippen LogP) is 9.51. The van der Waals surface area contributed by atoms with E-state index < -0.39 is 37.9 Å². The molecule has 314 valence electrons. The lowest BCUT2D eigenvalue weighted by Crippen LogP contribution is -2.64. The molecular weight excluding hydrogens is 779 g/mol. The minimum absolute atomic E-state index is 0.00182. The minimum Gasteiger partial charge on any atom is -0.472 e. The van der Waals surface area contributed by atoms with Gasteiger partial charge in [-0.15, -0.1) is 5.54 Å². The molecule has 4 unspecified atom stereocenters. The number of amides is 1. The van der Waals surface area contributed by atoms with Gasteiger partial charge in [-0.3, -0.25) is 9.80 Å². The number of hydrogen-bond donors (Lipinski definition) is 1. The Bertz CT molecular complexity index is 2510. The summed E-state index contributed by atoms with van der Waals surface area (Å²) in [6, 6.07) is 7.43. The fourth-order valence-corrected chi connectivity index (χ4v) is 17.1. The summed E-state index contributed by atoms with van der Waals surface area (Å²) in [4.78, 5) is 33.3. The molecule has 60 heavy (non-hydrogen) atoms. The van der Waals surface area contributed by atoms with Crippen molar-refractivity contribution in [2.75, 3.05) is 31.1 Å². The Morgan fingerprint density at radius 1 is 1.00 bits per heavy atom. The van der Waals surface area contributed by atoms with Crippen LogP contribution in [-0.4, -0.2) is 100 Å². The van der Waals surface area contributed by atoms with Crippen LogP contribution in [-0.2, 0) is 0 Å².